The molecule has 0 aliphatic rings. The fourth-order valence-electron chi connectivity index (χ4n) is 2.12. The van der Waals surface area contributed by atoms with E-state index in [9.17, 15) is 0 Å². The van der Waals surface area contributed by atoms with Gasteiger partial charge in [0.15, 0.2) is 5.75 Å². The standard InChI is InChI=1S/C13H25N3O/c1-6-14-11(10(2)3)7-8-12-13(17-5)9-15-16(12)4/h9-11,14H,6-8H2,1-5H3. The third-order valence-electron chi connectivity index (χ3n) is 3.21. The lowest BCUT2D eigenvalue weighted by atomic mass is 9.98. The van der Waals surface area contributed by atoms with Gasteiger partial charge in [0.1, 0.15) is 0 Å². The molecule has 1 atom stereocenters. The molecule has 0 saturated carbocycles. The summed E-state index contributed by atoms with van der Waals surface area (Å²) in [5.74, 6) is 1.54. The number of nitrogens with one attached hydrogen (secondary N) is 1. The summed E-state index contributed by atoms with van der Waals surface area (Å²) in [5, 5.41) is 7.76. The summed E-state index contributed by atoms with van der Waals surface area (Å²) in [6.45, 7) is 7.69. The van der Waals surface area contributed by atoms with Gasteiger partial charge in [-0.15, -0.1) is 0 Å². The number of nitrogens with zero attached hydrogens (tertiary/aromatic N) is 2. The quantitative estimate of drug-likeness (QED) is 0.791. The number of hydrogen-bond acceptors (Lipinski definition) is 3. The van der Waals surface area contributed by atoms with Gasteiger partial charge in [-0.05, 0) is 25.3 Å². The van der Waals surface area contributed by atoms with E-state index in [1.165, 1.54) is 5.69 Å². The van der Waals surface area contributed by atoms with E-state index in [4.69, 9.17) is 4.74 Å². The molecule has 0 saturated heterocycles. The Balaban J connectivity index is 2.61. The average molecular weight is 239 g/mol. The van der Waals surface area contributed by atoms with Gasteiger partial charge in [-0.3, -0.25) is 4.68 Å². The summed E-state index contributed by atoms with van der Waals surface area (Å²) in [5.41, 5.74) is 1.18. The maximum absolute atomic E-state index is 5.32. The van der Waals surface area contributed by atoms with Gasteiger partial charge in [0.2, 0.25) is 0 Å². The maximum atomic E-state index is 5.32. The fourth-order valence-corrected chi connectivity index (χ4v) is 2.12. The first-order valence-electron chi connectivity index (χ1n) is 6.38. The van der Waals surface area contributed by atoms with E-state index < -0.39 is 0 Å². The van der Waals surface area contributed by atoms with Crippen molar-refractivity contribution in [1.29, 1.82) is 0 Å². The largest absolute Gasteiger partial charge is 0.493 e. The van der Waals surface area contributed by atoms with Gasteiger partial charge in [0, 0.05) is 13.1 Å². The van der Waals surface area contributed by atoms with E-state index in [1.54, 1.807) is 13.3 Å². The average Bonchev–Trinajstić information content (AvgIpc) is 2.65. The minimum Gasteiger partial charge on any atom is -0.493 e. The van der Waals surface area contributed by atoms with Crippen LogP contribution < -0.4 is 10.1 Å². The molecule has 0 aliphatic carbocycles. The van der Waals surface area contributed by atoms with Crippen LogP contribution in [0.25, 0.3) is 0 Å². The van der Waals surface area contributed by atoms with Crippen molar-refractivity contribution < 1.29 is 4.74 Å². The molecule has 0 bridgehead atoms. The van der Waals surface area contributed by atoms with Gasteiger partial charge in [-0.25, -0.2) is 0 Å². The SMILES string of the molecule is CCNC(CCc1c(OC)cnn1C)C(C)C. The summed E-state index contributed by atoms with van der Waals surface area (Å²) in [4.78, 5) is 0. The lowest BCUT2D eigenvalue weighted by Gasteiger charge is -2.21. The molecule has 17 heavy (non-hydrogen) atoms. The molecular formula is C13H25N3O. The Morgan fingerprint density at radius 2 is 2.18 bits per heavy atom. The number of rotatable bonds is 7. The van der Waals surface area contributed by atoms with Gasteiger partial charge in [0.25, 0.3) is 0 Å². The van der Waals surface area contributed by atoms with Crippen molar-refractivity contribution in [1.82, 2.24) is 15.1 Å². The summed E-state index contributed by atoms with van der Waals surface area (Å²) < 4.78 is 7.22. The van der Waals surface area contributed by atoms with Crippen LogP contribution in [-0.2, 0) is 13.5 Å². The zero-order chi connectivity index (χ0) is 12.8. The monoisotopic (exact) mass is 239 g/mol. The van der Waals surface area contributed by atoms with Crippen molar-refractivity contribution >= 4 is 0 Å². The molecule has 1 heterocycles. The zero-order valence-corrected chi connectivity index (χ0v) is 11.7. The maximum Gasteiger partial charge on any atom is 0.159 e. The second-order valence-corrected chi connectivity index (χ2v) is 4.73. The van der Waals surface area contributed by atoms with Crippen molar-refractivity contribution in [3.8, 4) is 5.75 Å². The molecule has 0 amide bonds. The molecule has 0 aliphatic heterocycles. The summed E-state index contributed by atoms with van der Waals surface area (Å²) in [6, 6.07) is 0.555. The molecule has 0 radical (unpaired) electrons. The molecule has 0 fully saturated rings. The second kappa shape index (κ2) is 6.64. The Kier molecular flexibility index (Phi) is 5.48. The highest BCUT2D eigenvalue weighted by atomic mass is 16.5. The number of methoxy groups -OCH3 is 1. The lowest BCUT2D eigenvalue weighted by molar-refractivity contribution is 0.374. The van der Waals surface area contributed by atoms with Crippen molar-refractivity contribution in [2.24, 2.45) is 13.0 Å². The van der Waals surface area contributed by atoms with Crippen LogP contribution in [0, 0.1) is 5.92 Å². The fraction of sp³-hybridized carbons (Fsp3) is 0.769. The van der Waals surface area contributed by atoms with E-state index in [1.807, 2.05) is 11.7 Å². The Hall–Kier alpha value is -1.03. The van der Waals surface area contributed by atoms with E-state index in [-0.39, 0.29) is 0 Å². The normalized spacial score (nSPS) is 13.1. The minimum absolute atomic E-state index is 0.555. The van der Waals surface area contributed by atoms with Crippen LogP contribution in [0.5, 0.6) is 5.75 Å². The van der Waals surface area contributed by atoms with Gasteiger partial charge in [0.05, 0.1) is 19.0 Å². The number of aromatic nitrogens is 2. The van der Waals surface area contributed by atoms with E-state index in [0.717, 1.165) is 25.1 Å². The van der Waals surface area contributed by atoms with Gasteiger partial charge >= 0.3 is 0 Å². The Morgan fingerprint density at radius 3 is 2.71 bits per heavy atom. The molecule has 0 aromatic carbocycles. The highest BCUT2D eigenvalue weighted by Crippen LogP contribution is 2.20. The van der Waals surface area contributed by atoms with Crippen LogP contribution in [0.2, 0.25) is 0 Å². The first-order chi connectivity index (χ1) is 8.10. The van der Waals surface area contributed by atoms with Gasteiger partial charge in [-0.1, -0.05) is 20.8 Å². The van der Waals surface area contributed by atoms with Crippen LogP contribution >= 0.6 is 0 Å². The highest BCUT2D eigenvalue weighted by Gasteiger charge is 2.15. The molecule has 0 spiro atoms. The minimum atomic E-state index is 0.555. The molecule has 1 rings (SSSR count). The summed E-state index contributed by atoms with van der Waals surface area (Å²) in [7, 11) is 3.67. The first kappa shape index (κ1) is 14.0. The molecule has 1 unspecified atom stereocenters. The smallest absolute Gasteiger partial charge is 0.159 e. The van der Waals surface area contributed by atoms with Crippen molar-refractivity contribution in [2.45, 2.75) is 39.7 Å². The molecule has 4 heteroatoms. The molecule has 4 nitrogen and oxygen atoms in total. The first-order valence-corrected chi connectivity index (χ1v) is 6.38. The number of ether oxygens (including phenoxy) is 1. The van der Waals surface area contributed by atoms with Crippen LogP contribution in [-0.4, -0.2) is 29.5 Å². The predicted octanol–water partition coefficient (Wildman–Crippen LogP) is 2.00. The van der Waals surface area contributed by atoms with E-state index in [0.29, 0.717) is 12.0 Å². The van der Waals surface area contributed by atoms with Crippen LogP contribution in [0.15, 0.2) is 6.20 Å². The zero-order valence-electron chi connectivity index (χ0n) is 11.7. The molecule has 1 aromatic rings. The second-order valence-electron chi connectivity index (χ2n) is 4.73. The van der Waals surface area contributed by atoms with Crippen molar-refractivity contribution in [3.63, 3.8) is 0 Å². The topological polar surface area (TPSA) is 39.1 Å². The molecular weight excluding hydrogens is 214 g/mol. The molecule has 1 aromatic heterocycles. The number of hydrogen-bond donors (Lipinski definition) is 1. The number of aryl methyl sites for hydroxylation is 1. The summed E-state index contributed by atoms with van der Waals surface area (Å²) >= 11 is 0. The van der Waals surface area contributed by atoms with Crippen LogP contribution in [0.3, 0.4) is 0 Å². The van der Waals surface area contributed by atoms with Crippen LogP contribution in [0.4, 0.5) is 0 Å². The van der Waals surface area contributed by atoms with Gasteiger partial charge < -0.3 is 10.1 Å². The Labute approximate surface area is 104 Å². The highest BCUT2D eigenvalue weighted by molar-refractivity contribution is 5.25. The van der Waals surface area contributed by atoms with Gasteiger partial charge in [-0.2, -0.15) is 5.10 Å². The molecule has 98 valence electrons. The van der Waals surface area contributed by atoms with Crippen LogP contribution in [0.1, 0.15) is 32.9 Å². The molecule has 1 N–H and O–H groups in total. The van der Waals surface area contributed by atoms with E-state index >= 15 is 0 Å². The third-order valence-corrected chi connectivity index (χ3v) is 3.21. The van der Waals surface area contributed by atoms with E-state index in [2.05, 4.69) is 31.2 Å². The van der Waals surface area contributed by atoms with Crippen molar-refractivity contribution in [2.75, 3.05) is 13.7 Å². The predicted molar refractivity (Wildman–Crippen MR) is 70.4 cm³/mol. The Bertz CT molecular complexity index is 333. The Morgan fingerprint density at radius 1 is 1.47 bits per heavy atom. The lowest BCUT2D eigenvalue weighted by Crippen LogP contribution is -2.34. The van der Waals surface area contributed by atoms with Crippen molar-refractivity contribution in [3.05, 3.63) is 11.9 Å². The summed E-state index contributed by atoms with van der Waals surface area (Å²) in [6.07, 6.45) is 3.89. The third kappa shape index (κ3) is 3.73.